The summed E-state index contributed by atoms with van der Waals surface area (Å²) in [5.41, 5.74) is 2.70. The number of nitrogens with one attached hydrogen (secondary N) is 1. The summed E-state index contributed by atoms with van der Waals surface area (Å²) < 4.78 is 5.88. The molecule has 30 heavy (non-hydrogen) atoms. The number of halogens is 1. The van der Waals surface area contributed by atoms with Gasteiger partial charge in [0.05, 0.1) is 16.3 Å². The number of furan rings is 1. The highest BCUT2D eigenvalue weighted by atomic mass is 35.5. The van der Waals surface area contributed by atoms with E-state index in [4.69, 9.17) is 21.4 Å². The molecule has 0 bridgehead atoms. The fourth-order valence-corrected chi connectivity index (χ4v) is 4.41. The van der Waals surface area contributed by atoms with Crippen LogP contribution in [0.2, 0.25) is 5.02 Å². The number of carbonyl (C=O) groups excluding carboxylic acids is 1. The molecule has 0 unspecified atom stereocenters. The van der Waals surface area contributed by atoms with Crippen LogP contribution in [0.5, 0.6) is 0 Å². The Morgan fingerprint density at radius 2 is 1.80 bits per heavy atom. The van der Waals surface area contributed by atoms with Gasteiger partial charge in [-0.05, 0) is 35.9 Å². The Balaban J connectivity index is 1.50. The first kappa shape index (κ1) is 18.7. The molecule has 3 heterocycles. The first-order valence-corrected chi connectivity index (χ1v) is 10.4. The molecule has 1 N–H and O–H groups in total. The van der Waals surface area contributed by atoms with Crippen molar-refractivity contribution in [3.63, 3.8) is 0 Å². The van der Waals surface area contributed by atoms with Crippen LogP contribution in [0.15, 0.2) is 87.1 Å². The highest BCUT2D eigenvalue weighted by molar-refractivity contribution is 8.17. The molecule has 1 aromatic heterocycles. The molecule has 0 aliphatic carbocycles. The van der Waals surface area contributed by atoms with E-state index in [0.29, 0.717) is 21.7 Å². The molecule has 3 aromatic rings. The molecule has 5 nitrogen and oxygen atoms in total. The third-order valence-electron chi connectivity index (χ3n) is 4.74. The van der Waals surface area contributed by atoms with E-state index in [9.17, 15) is 4.79 Å². The maximum absolute atomic E-state index is 12.6. The maximum Gasteiger partial charge on any atom is 0.283 e. The second-order valence-corrected chi connectivity index (χ2v) is 7.85. The topological polar surface area (TPSA) is 69.7 Å². The van der Waals surface area contributed by atoms with E-state index >= 15 is 0 Å². The molecular weight excluding hydrogens is 418 g/mol. The summed E-state index contributed by atoms with van der Waals surface area (Å²) in [5.74, 6) is 0.653. The van der Waals surface area contributed by atoms with E-state index in [1.54, 1.807) is 29.2 Å². The van der Waals surface area contributed by atoms with E-state index in [-0.39, 0.29) is 11.4 Å². The van der Waals surface area contributed by atoms with Crippen LogP contribution in [-0.2, 0) is 4.79 Å². The van der Waals surface area contributed by atoms with Crippen LogP contribution in [0.4, 0.5) is 0 Å². The molecule has 2 aliphatic heterocycles. The van der Waals surface area contributed by atoms with E-state index in [2.05, 4.69) is 4.99 Å². The van der Waals surface area contributed by atoms with Crippen molar-refractivity contribution in [3.8, 4) is 11.3 Å². The standard InChI is InChI=1S/C23H14ClN3O2S/c24-18-9-5-4-8-16(18)20-11-10-15(29-20)12-17-21(25)27-19(14-6-2-1-3-7-14)13-30-23(27)26-22(17)28/h1-13,25H/b17-12+,25-21?. The minimum Gasteiger partial charge on any atom is -0.457 e. The Morgan fingerprint density at radius 3 is 2.60 bits per heavy atom. The van der Waals surface area contributed by atoms with Crippen molar-refractivity contribution in [1.29, 1.82) is 5.41 Å². The lowest BCUT2D eigenvalue weighted by molar-refractivity contribution is -0.114. The van der Waals surface area contributed by atoms with Crippen LogP contribution in [0, 0.1) is 5.41 Å². The minimum atomic E-state index is -0.461. The van der Waals surface area contributed by atoms with Crippen molar-refractivity contribution in [2.45, 2.75) is 0 Å². The minimum absolute atomic E-state index is 0.0702. The van der Waals surface area contributed by atoms with Gasteiger partial charge in [-0.15, -0.1) is 0 Å². The van der Waals surface area contributed by atoms with Gasteiger partial charge >= 0.3 is 0 Å². The second kappa shape index (κ2) is 7.48. The molecule has 2 aliphatic rings. The molecule has 0 atom stereocenters. The van der Waals surface area contributed by atoms with Crippen molar-refractivity contribution in [2.75, 3.05) is 0 Å². The summed E-state index contributed by atoms with van der Waals surface area (Å²) in [6, 6.07) is 20.6. The van der Waals surface area contributed by atoms with Gasteiger partial charge in [-0.25, -0.2) is 0 Å². The van der Waals surface area contributed by atoms with E-state index in [0.717, 1.165) is 16.8 Å². The highest BCUT2D eigenvalue weighted by Gasteiger charge is 2.36. The Hall–Kier alpha value is -3.35. The summed E-state index contributed by atoms with van der Waals surface area (Å²) in [5, 5.41) is 11.6. The number of nitrogens with zero attached hydrogens (tertiary/aromatic N) is 2. The molecule has 7 heteroatoms. The zero-order valence-electron chi connectivity index (χ0n) is 15.5. The molecule has 0 spiro atoms. The average Bonchev–Trinajstić information content (AvgIpc) is 3.39. The van der Waals surface area contributed by atoms with Crippen LogP contribution in [0.25, 0.3) is 23.1 Å². The van der Waals surface area contributed by atoms with Crippen molar-refractivity contribution in [3.05, 3.63) is 94.1 Å². The number of aliphatic imine (C=N–C) groups is 1. The highest BCUT2D eigenvalue weighted by Crippen LogP contribution is 2.37. The fourth-order valence-electron chi connectivity index (χ4n) is 3.29. The molecule has 0 saturated heterocycles. The smallest absolute Gasteiger partial charge is 0.283 e. The number of amides is 1. The predicted molar refractivity (Wildman–Crippen MR) is 121 cm³/mol. The molecule has 146 valence electrons. The van der Waals surface area contributed by atoms with Crippen LogP contribution in [0.3, 0.4) is 0 Å². The van der Waals surface area contributed by atoms with E-state index in [1.807, 2.05) is 53.9 Å². The predicted octanol–water partition coefficient (Wildman–Crippen LogP) is 5.90. The molecule has 1 amide bonds. The van der Waals surface area contributed by atoms with Crippen LogP contribution >= 0.6 is 23.4 Å². The van der Waals surface area contributed by atoms with E-state index < -0.39 is 5.91 Å². The first-order valence-electron chi connectivity index (χ1n) is 9.12. The number of hydrogen-bond acceptors (Lipinski definition) is 4. The third-order valence-corrected chi connectivity index (χ3v) is 5.89. The van der Waals surface area contributed by atoms with Gasteiger partial charge in [-0.3, -0.25) is 15.1 Å². The van der Waals surface area contributed by atoms with Crippen molar-refractivity contribution >= 4 is 52.0 Å². The van der Waals surface area contributed by atoms with Gasteiger partial charge in [0.25, 0.3) is 5.91 Å². The third kappa shape index (κ3) is 3.20. The fraction of sp³-hybridized carbons (Fsp3) is 0. The van der Waals surface area contributed by atoms with Gasteiger partial charge in [-0.1, -0.05) is 65.8 Å². The summed E-state index contributed by atoms with van der Waals surface area (Å²) in [4.78, 5) is 18.5. The lowest BCUT2D eigenvalue weighted by Crippen LogP contribution is -2.37. The zero-order chi connectivity index (χ0) is 20.7. The molecule has 0 fully saturated rings. The number of amidine groups is 2. The Labute approximate surface area is 181 Å². The number of fused-ring (bicyclic) bond motifs is 1. The summed E-state index contributed by atoms with van der Waals surface area (Å²) in [7, 11) is 0. The van der Waals surface area contributed by atoms with E-state index in [1.165, 1.54) is 11.8 Å². The van der Waals surface area contributed by atoms with Crippen LogP contribution in [-0.4, -0.2) is 21.8 Å². The first-order chi connectivity index (χ1) is 14.6. The van der Waals surface area contributed by atoms with Gasteiger partial charge in [0, 0.05) is 11.0 Å². The van der Waals surface area contributed by atoms with Crippen LogP contribution in [0.1, 0.15) is 11.3 Å². The van der Waals surface area contributed by atoms with Crippen molar-refractivity contribution < 1.29 is 9.21 Å². The van der Waals surface area contributed by atoms with Crippen LogP contribution < -0.4 is 0 Å². The lowest BCUT2D eigenvalue weighted by atomic mass is 10.1. The second-order valence-electron chi connectivity index (χ2n) is 6.61. The summed E-state index contributed by atoms with van der Waals surface area (Å²) in [6.07, 6.45) is 1.55. The number of benzene rings is 2. The Kier molecular flexibility index (Phi) is 4.65. The summed E-state index contributed by atoms with van der Waals surface area (Å²) >= 11 is 7.58. The monoisotopic (exact) mass is 431 g/mol. The molecule has 0 saturated carbocycles. The zero-order valence-corrected chi connectivity index (χ0v) is 17.1. The van der Waals surface area contributed by atoms with Gasteiger partial charge in [0.15, 0.2) is 5.17 Å². The van der Waals surface area contributed by atoms with Gasteiger partial charge in [0.1, 0.15) is 17.4 Å². The number of hydrogen-bond donors (Lipinski definition) is 1. The molecular formula is C23H14ClN3O2S. The normalized spacial score (nSPS) is 17.2. The maximum atomic E-state index is 12.6. The average molecular weight is 432 g/mol. The van der Waals surface area contributed by atoms with Gasteiger partial charge in [-0.2, -0.15) is 4.99 Å². The summed E-state index contributed by atoms with van der Waals surface area (Å²) in [6.45, 7) is 0. The number of rotatable bonds is 3. The Morgan fingerprint density at radius 1 is 1.03 bits per heavy atom. The number of carbonyl (C=O) groups is 1. The molecule has 0 radical (unpaired) electrons. The number of thioether (sulfide) groups is 1. The quantitative estimate of drug-likeness (QED) is 0.524. The van der Waals surface area contributed by atoms with Gasteiger partial charge in [0.2, 0.25) is 0 Å². The van der Waals surface area contributed by atoms with Crippen molar-refractivity contribution in [1.82, 2.24) is 4.90 Å². The lowest BCUT2D eigenvalue weighted by Gasteiger charge is -2.26. The SMILES string of the molecule is N=C1/C(=C\c2ccc(-c3ccccc3Cl)o2)C(=O)N=C2SC=C(c3ccccc3)N12. The molecule has 2 aromatic carbocycles. The van der Waals surface area contributed by atoms with Gasteiger partial charge < -0.3 is 4.42 Å². The Bertz CT molecular complexity index is 1270. The van der Waals surface area contributed by atoms with Crippen molar-refractivity contribution in [2.24, 2.45) is 4.99 Å². The largest absolute Gasteiger partial charge is 0.457 e. The molecule has 5 rings (SSSR count).